The highest BCUT2D eigenvalue weighted by atomic mass is 19.4. The van der Waals surface area contributed by atoms with Crippen molar-refractivity contribution in [3.05, 3.63) is 66.6 Å². The van der Waals surface area contributed by atoms with Gasteiger partial charge in [-0.15, -0.1) is 0 Å². The molecule has 12 heteroatoms. The Kier molecular flexibility index (Phi) is 7.06. The third-order valence-corrected chi connectivity index (χ3v) is 5.30. The second-order valence-electron chi connectivity index (χ2n) is 7.80. The van der Waals surface area contributed by atoms with Crippen molar-refractivity contribution in [3.63, 3.8) is 0 Å². The summed E-state index contributed by atoms with van der Waals surface area (Å²) in [6.45, 7) is 5.39. The van der Waals surface area contributed by atoms with Crippen LogP contribution in [0.15, 0.2) is 55.3 Å². The first-order chi connectivity index (χ1) is 17.1. The lowest BCUT2D eigenvalue weighted by atomic mass is 10.1. The van der Waals surface area contributed by atoms with Gasteiger partial charge in [-0.1, -0.05) is 6.58 Å². The van der Waals surface area contributed by atoms with Gasteiger partial charge in [0.15, 0.2) is 0 Å². The van der Waals surface area contributed by atoms with Crippen molar-refractivity contribution < 1.29 is 32.2 Å². The number of amides is 1. The van der Waals surface area contributed by atoms with Gasteiger partial charge in [0.25, 0.3) is 0 Å². The molecule has 0 spiro atoms. The van der Waals surface area contributed by atoms with E-state index < -0.39 is 29.2 Å². The average molecular weight is 503 g/mol. The fraction of sp³-hybridized carbons (Fsp3) is 0.208. The number of alkyl halides is 3. The summed E-state index contributed by atoms with van der Waals surface area (Å²) in [4.78, 5) is 21.3. The molecule has 1 amide bonds. The Balaban J connectivity index is 1.71. The minimum absolute atomic E-state index is 0.0327. The minimum atomic E-state index is -4.83. The predicted octanol–water partition coefficient (Wildman–Crippen LogP) is 4.71. The van der Waals surface area contributed by atoms with E-state index >= 15 is 0 Å². The molecule has 0 unspecified atom stereocenters. The summed E-state index contributed by atoms with van der Waals surface area (Å²) < 4.78 is 60.8. The van der Waals surface area contributed by atoms with E-state index in [4.69, 9.17) is 4.74 Å². The second-order valence-corrected chi connectivity index (χ2v) is 7.80. The third kappa shape index (κ3) is 5.71. The van der Waals surface area contributed by atoms with Crippen LogP contribution in [0.25, 0.3) is 11.3 Å². The molecule has 2 aromatic carbocycles. The van der Waals surface area contributed by atoms with Crippen LogP contribution in [-0.4, -0.2) is 47.3 Å². The second kappa shape index (κ2) is 10.2. The van der Waals surface area contributed by atoms with Gasteiger partial charge in [-0.05, 0) is 42.5 Å². The van der Waals surface area contributed by atoms with Gasteiger partial charge in [0.2, 0.25) is 11.9 Å². The highest BCUT2D eigenvalue weighted by Crippen LogP contribution is 2.38. The van der Waals surface area contributed by atoms with Gasteiger partial charge in [0, 0.05) is 36.2 Å². The lowest BCUT2D eigenvalue weighted by molar-refractivity contribution is -0.137. The molecule has 1 aromatic heterocycles. The summed E-state index contributed by atoms with van der Waals surface area (Å²) in [6.07, 6.45) is -3.28. The number of halogens is 4. The molecular formula is C24H21F4N5O3. The molecule has 188 valence electrons. The number of carbonyl (C=O) groups is 1. The number of carbonyl (C=O) groups excluding carboxylic acids is 1. The lowest BCUT2D eigenvalue weighted by Crippen LogP contribution is -2.36. The zero-order chi connectivity index (χ0) is 25.9. The maximum atomic E-state index is 14.2. The van der Waals surface area contributed by atoms with E-state index in [1.54, 1.807) is 6.07 Å². The number of hydrogen-bond acceptors (Lipinski definition) is 7. The van der Waals surface area contributed by atoms with E-state index in [0.717, 1.165) is 18.2 Å². The van der Waals surface area contributed by atoms with E-state index in [2.05, 4.69) is 27.2 Å². The maximum absolute atomic E-state index is 14.2. The van der Waals surface area contributed by atoms with Crippen LogP contribution < -0.4 is 15.5 Å². The van der Waals surface area contributed by atoms with Crippen LogP contribution in [0.4, 0.5) is 40.6 Å². The molecule has 0 saturated carbocycles. The number of hydrogen-bond donors (Lipinski definition) is 3. The fourth-order valence-electron chi connectivity index (χ4n) is 3.65. The standard InChI is InChI=1S/C24H21F4N5O3/c1-2-21(35)30-17-10-14(9-15(25)11-17)22-18(24(26,27)28)13-29-23(32-22)31-16-3-4-20(34)19(12-16)33-5-7-36-8-6-33/h2-4,9-13,34H,1,5-8H2,(H,30,35)(H,29,31,32). The number of ether oxygens (including phenoxy) is 1. The highest BCUT2D eigenvalue weighted by molar-refractivity contribution is 5.99. The Morgan fingerprint density at radius 3 is 2.58 bits per heavy atom. The zero-order valence-corrected chi connectivity index (χ0v) is 18.8. The van der Waals surface area contributed by atoms with E-state index in [9.17, 15) is 27.5 Å². The molecule has 2 heterocycles. The van der Waals surface area contributed by atoms with Gasteiger partial charge < -0.3 is 25.4 Å². The summed E-state index contributed by atoms with van der Waals surface area (Å²) in [6, 6.07) is 7.59. The number of morpholine rings is 1. The Labute approximate surface area is 203 Å². The molecular weight excluding hydrogens is 482 g/mol. The SMILES string of the molecule is C=CC(=O)Nc1cc(F)cc(-c2nc(Nc3ccc(O)c(N4CCOCC4)c3)ncc2C(F)(F)F)c1. The molecule has 1 fully saturated rings. The molecule has 0 radical (unpaired) electrons. The predicted molar refractivity (Wildman–Crippen MR) is 126 cm³/mol. The van der Waals surface area contributed by atoms with Crippen LogP contribution in [0, 0.1) is 5.82 Å². The molecule has 0 atom stereocenters. The van der Waals surface area contributed by atoms with Crippen molar-refractivity contribution in [1.82, 2.24) is 9.97 Å². The largest absolute Gasteiger partial charge is 0.506 e. The van der Waals surface area contributed by atoms with E-state index in [1.165, 1.54) is 18.2 Å². The molecule has 3 N–H and O–H groups in total. The third-order valence-electron chi connectivity index (χ3n) is 5.30. The summed E-state index contributed by atoms with van der Waals surface area (Å²) in [5, 5.41) is 15.4. The number of aromatic nitrogens is 2. The summed E-state index contributed by atoms with van der Waals surface area (Å²) >= 11 is 0. The number of aromatic hydroxyl groups is 1. The molecule has 0 bridgehead atoms. The fourth-order valence-corrected chi connectivity index (χ4v) is 3.65. The van der Waals surface area contributed by atoms with Crippen molar-refractivity contribution >= 4 is 28.9 Å². The number of phenols is 1. The summed E-state index contributed by atoms with van der Waals surface area (Å²) in [5.41, 5.74) is -1.11. The molecule has 1 aliphatic heterocycles. The molecule has 0 aliphatic carbocycles. The van der Waals surface area contributed by atoms with Gasteiger partial charge in [-0.3, -0.25) is 4.79 Å². The highest BCUT2D eigenvalue weighted by Gasteiger charge is 2.35. The molecule has 1 aliphatic rings. The number of benzene rings is 2. The minimum Gasteiger partial charge on any atom is -0.506 e. The van der Waals surface area contributed by atoms with Crippen molar-refractivity contribution in [1.29, 1.82) is 0 Å². The monoisotopic (exact) mass is 503 g/mol. The first kappa shape index (κ1) is 24.9. The summed E-state index contributed by atoms with van der Waals surface area (Å²) in [5.74, 6) is -1.68. The van der Waals surface area contributed by atoms with Crippen LogP contribution in [0.5, 0.6) is 5.75 Å². The first-order valence-electron chi connectivity index (χ1n) is 10.8. The average Bonchev–Trinajstić information content (AvgIpc) is 2.84. The van der Waals surface area contributed by atoms with E-state index in [-0.39, 0.29) is 22.9 Å². The van der Waals surface area contributed by atoms with Crippen LogP contribution in [-0.2, 0) is 15.7 Å². The molecule has 4 rings (SSSR count). The van der Waals surface area contributed by atoms with Gasteiger partial charge in [-0.2, -0.15) is 13.2 Å². The van der Waals surface area contributed by atoms with Crippen molar-refractivity contribution in [2.75, 3.05) is 41.8 Å². The number of rotatable bonds is 6. The normalized spacial score (nSPS) is 13.8. The van der Waals surface area contributed by atoms with Gasteiger partial charge in [-0.25, -0.2) is 14.4 Å². The van der Waals surface area contributed by atoms with Gasteiger partial charge in [0.1, 0.15) is 17.1 Å². The smallest absolute Gasteiger partial charge is 0.419 e. The van der Waals surface area contributed by atoms with E-state index in [1.807, 2.05) is 4.90 Å². The quantitative estimate of drug-likeness (QED) is 0.255. The Bertz CT molecular complexity index is 1290. The molecule has 8 nitrogen and oxygen atoms in total. The van der Waals surface area contributed by atoms with Crippen LogP contribution in [0.2, 0.25) is 0 Å². The van der Waals surface area contributed by atoms with Crippen LogP contribution in [0.3, 0.4) is 0 Å². The molecule has 36 heavy (non-hydrogen) atoms. The van der Waals surface area contributed by atoms with Crippen LogP contribution in [0.1, 0.15) is 5.56 Å². The maximum Gasteiger partial charge on any atom is 0.419 e. The number of nitrogens with zero attached hydrogens (tertiary/aromatic N) is 3. The Morgan fingerprint density at radius 2 is 1.89 bits per heavy atom. The van der Waals surface area contributed by atoms with Crippen molar-refractivity contribution in [2.45, 2.75) is 6.18 Å². The van der Waals surface area contributed by atoms with Crippen molar-refractivity contribution in [2.24, 2.45) is 0 Å². The summed E-state index contributed by atoms with van der Waals surface area (Å²) in [7, 11) is 0. The van der Waals surface area contributed by atoms with Crippen molar-refractivity contribution in [3.8, 4) is 17.0 Å². The number of nitrogens with one attached hydrogen (secondary N) is 2. The Morgan fingerprint density at radius 1 is 1.14 bits per heavy atom. The van der Waals surface area contributed by atoms with Gasteiger partial charge >= 0.3 is 6.18 Å². The topological polar surface area (TPSA) is 99.6 Å². The number of anilines is 4. The van der Waals surface area contributed by atoms with Crippen LogP contribution >= 0.6 is 0 Å². The molecule has 1 saturated heterocycles. The molecule has 3 aromatic rings. The first-order valence-corrected chi connectivity index (χ1v) is 10.8. The zero-order valence-electron chi connectivity index (χ0n) is 18.8. The van der Waals surface area contributed by atoms with Gasteiger partial charge in [0.05, 0.1) is 24.6 Å². The lowest BCUT2D eigenvalue weighted by Gasteiger charge is -2.29. The number of phenolic OH excluding ortho intramolecular Hbond substituents is 1. The Hall–Kier alpha value is -4.19. The van der Waals surface area contributed by atoms with E-state index in [0.29, 0.717) is 43.9 Å².